The molecule has 0 saturated carbocycles. The lowest BCUT2D eigenvalue weighted by atomic mass is 10.1. The highest BCUT2D eigenvalue weighted by Crippen LogP contribution is 2.31. The fourth-order valence-electron chi connectivity index (χ4n) is 5.37. The second kappa shape index (κ2) is 13.0. The monoisotopic (exact) mass is 595 g/mol. The summed E-state index contributed by atoms with van der Waals surface area (Å²) in [6.07, 6.45) is 5.24. The molecule has 0 bridgehead atoms. The van der Waals surface area contributed by atoms with Crippen molar-refractivity contribution >= 4 is 23.2 Å². The van der Waals surface area contributed by atoms with Crippen molar-refractivity contribution in [3.05, 3.63) is 66.6 Å². The molecule has 2 saturated heterocycles. The van der Waals surface area contributed by atoms with Crippen LogP contribution in [0.4, 0.5) is 17.3 Å². The first kappa shape index (κ1) is 28.9. The SMILES string of the molecule is COc1nc(Nc2cc(-c3ccc(OC4CCN(C(=O)c5cocn5)CC4)c(C#N)c3)ncn2)ccc1N1CCN(C)CC1. The number of benzene rings is 1. The number of nitrogens with one attached hydrogen (secondary N) is 1. The molecule has 0 unspecified atom stereocenters. The van der Waals surface area contributed by atoms with Crippen molar-refractivity contribution in [3.8, 4) is 29.0 Å². The number of carbonyl (C=O) groups is 1. The number of hydrogen-bond donors (Lipinski definition) is 1. The maximum Gasteiger partial charge on any atom is 0.275 e. The molecule has 3 aromatic heterocycles. The summed E-state index contributed by atoms with van der Waals surface area (Å²) in [6, 6.07) is 13.4. The number of pyridine rings is 1. The third-order valence-electron chi connectivity index (χ3n) is 7.87. The van der Waals surface area contributed by atoms with Gasteiger partial charge in [0.1, 0.15) is 47.8 Å². The number of nitriles is 1. The van der Waals surface area contributed by atoms with Crippen LogP contribution >= 0.6 is 0 Å². The van der Waals surface area contributed by atoms with E-state index in [0.29, 0.717) is 66.1 Å². The van der Waals surface area contributed by atoms with Gasteiger partial charge in [0, 0.05) is 63.7 Å². The van der Waals surface area contributed by atoms with Crippen LogP contribution in [0.5, 0.6) is 11.6 Å². The minimum atomic E-state index is -0.157. The molecule has 226 valence electrons. The molecule has 0 aliphatic carbocycles. The summed E-state index contributed by atoms with van der Waals surface area (Å²) in [7, 11) is 3.75. The van der Waals surface area contributed by atoms with E-state index in [4.69, 9.17) is 13.9 Å². The van der Waals surface area contributed by atoms with E-state index in [1.54, 1.807) is 30.2 Å². The summed E-state index contributed by atoms with van der Waals surface area (Å²) < 4.78 is 16.7. The summed E-state index contributed by atoms with van der Waals surface area (Å²) in [5.74, 6) is 2.05. The van der Waals surface area contributed by atoms with Gasteiger partial charge in [0.2, 0.25) is 5.88 Å². The summed E-state index contributed by atoms with van der Waals surface area (Å²) in [5, 5.41) is 13.1. The van der Waals surface area contributed by atoms with E-state index >= 15 is 0 Å². The van der Waals surface area contributed by atoms with Crippen LogP contribution in [-0.2, 0) is 0 Å². The van der Waals surface area contributed by atoms with E-state index in [0.717, 1.165) is 37.4 Å². The van der Waals surface area contributed by atoms with Crippen LogP contribution in [0, 0.1) is 11.3 Å². The molecule has 13 nitrogen and oxygen atoms in total. The van der Waals surface area contributed by atoms with Crippen molar-refractivity contribution < 1.29 is 18.7 Å². The van der Waals surface area contributed by atoms with Gasteiger partial charge in [0.15, 0.2) is 12.1 Å². The highest BCUT2D eigenvalue weighted by molar-refractivity contribution is 5.91. The molecular weight excluding hydrogens is 562 g/mol. The fraction of sp³-hybridized carbons (Fsp3) is 0.355. The second-order valence-corrected chi connectivity index (χ2v) is 10.7. The van der Waals surface area contributed by atoms with Gasteiger partial charge in [-0.05, 0) is 37.4 Å². The maximum absolute atomic E-state index is 12.5. The van der Waals surface area contributed by atoms with Crippen LogP contribution in [0.1, 0.15) is 28.9 Å². The van der Waals surface area contributed by atoms with Crippen molar-refractivity contribution in [2.24, 2.45) is 0 Å². The Hall–Kier alpha value is -5.22. The third kappa shape index (κ3) is 6.40. The average Bonchev–Trinajstić information content (AvgIpc) is 3.61. The van der Waals surface area contributed by atoms with Crippen LogP contribution in [0.25, 0.3) is 11.3 Å². The Morgan fingerprint density at radius 3 is 2.57 bits per heavy atom. The van der Waals surface area contributed by atoms with E-state index < -0.39 is 0 Å². The fourth-order valence-corrected chi connectivity index (χ4v) is 5.37. The molecule has 5 heterocycles. The summed E-state index contributed by atoms with van der Waals surface area (Å²) in [6.45, 7) is 4.87. The zero-order valence-corrected chi connectivity index (χ0v) is 24.6. The van der Waals surface area contributed by atoms with Crippen molar-refractivity contribution in [2.75, 3.05) is 63.6 Å². The smallest absolute Gasteiger partial charge is 0.275 e. The standard InChI is InChI=1S/C31H33N9O4/c1-38-11-13-39(14-12-38)26-4-6-28(37-30(26)42-2)36-29-16-24(33-19-34-29)21-3-5-27(22(15-21)17-32)44-23-7-9-40(10-8-23)31(41)25-18-43-20-35-25/h3-6,15-16,18-20,23H,7-14H2,1-2H3,(H,33,34,36,37). The number of likely N-dealkylation sites (tertiary alicyclic amines) is 1. The van der Waals surface area contributed by atoms with Crippen LogP contribution in [0.3, 0.4) is 0 Å². The first-order valence-corrected chi connectivity index (χ1v) is 14.5. The number of amides is 1. The molecule has 0 spiro atoms. The van der Waals surface area contributed by atoms with Gasteiger partial charge in [-0.3, -0.25) is 4.79 Å². The molecule has 4 aromatic rings. The molecule has 2 aliphatic heterocycles. The normalized spacial score (nSPS) is 15.9. The maximum atomic E-state index is 12.5. The highest BCUT2D eigenvalue weighted by Gasteiger charge is 2.26. The number of anilines is 3. The quantitative estimate of drug-likeness (QED) is 0.318. The molecule has 1 amide bonds. The van der Waals surface area contributed by atoms with Gasteiger partial charge in [-0.25, -0.2) is 15.0 Å². The van der Waals surface area contributed by atoms with Crippen molar-refractivity contribution in [2.45, 2.75) is 18.9 Å². The van der Waals surface area contributed by atoms with E-state index in [-0.39, 0.29) is 12.0 Å². The number of oxazole rings is 1. The Labute approximate surface area is 255 Å². The van der Waals surface area contributed by atoms with Crippen molar-refractivity contribution in [1.82, 2.24) is 29.7 Å². The predicted molar refractivity (Wildman–Crippen MR) is 162 cm³/mol. The number of ether oxygens (including phenoxy) is 2. The number of hydrogen-bond acceptors (Lipinski definition) is 12. The van der Waals surface area contributed by atoms with Gasteiger partial charge in [-0.2, -0.15) is 10.2 Å². The first-order chi connectivity index (χ1) is 21.5. The number of methoxy groups -OCH3 is 1. The molecule has 0 atom stereocenters. The Bertz CT molecular complexity index is 1640. The number of piperazine rings is 1. The number of aromatic nitrogens is 4. The zero-order chi connectivity index (χ0) is 30.5. The van der Waals surface area contributed by atoms with Gasteiger partial charge < -0.3 is 33.9 Å². The minimum Gasteiger partial charge on any atom is -0.489 e. The number of likely N-dealkylation sites (N-methyl/N-ethyl adjacent to an activating group) is 1. The molecule has 1 N–H and O–H groups in total. The molecule has 44 heavy (non-hydrogen) atoms. The van der Waals surface area contributed by atoms with Crippen molar-refractivity contribution in [3.63, 3.8) is 0 Å². The predicted octanol–water partition coefficient (Wildman–Crippen LogP) is 3.59. The largest absolute Gasteiger partial charge is 0.489 e. The van der Waals surface area contributed by atoms with E-state index in [1.165, 1.54) is 19.0 Å². The topological polar surface area (TPSA) is 146 Å². The minimum absolute atomic E-state index is 0.115. The molecule has 13 heteroatoms. The first-order valence-electron chi connectivity index (χ1n) is 14.5. The summed E-state index contributed by atoms with van der Waals surface area (Å²) >= 11 is 0. The van der Waals surface area contributed by atoms with E-state index in [9.17, 15) is 10.1 Å². The van der Waals surface area contributed by atoms with Gasteiger partial charge in [0.05, 0.1) is 18.4 Å². The lowest BCUT2D eigenvalue weighted by molar-refractivity contribution is 0.0589. The van der Waals surface area contributed by atoms with Crippen LogP contribution in [0.2, 0.25) is 0 Å². The molecule has 0 radical (unpaired) electrons. The van der Waals surface area contributed by atoms with E-state index in [1.807, 2.05) is 18.2 Å². The lowest BCUT2D eigenvalue weighted by Crippen LogP contribution is -2.44. The molecule has 1 aromatic carbocycles. The molecule has 2 fully saturated rings. The van der Waals surface area contributed by atoms with Crippen LogP contribution in [0.15, 0.2) is 59.8 Å². The third-order valence-corrected chi connectivity index (χ3v) is 7.87. The van der Waals surface area contributed by atoms with Gasteiger partial charge >= 0.3 is 0 Å². The van der Waals surface area contributed by atoms with Crippen LogP contribution in [-0.4, -0.2) is 95.2 Å². The Kier molecular flexibility index (Phi) is 8.51. The Morgan fingerprint density at radius 2 is 1.84 bits per heavy atom. The molecular formula is C31H33N9O4. The van der Waals surface area contributed by atoms with Crippen molar-refractivity contribution in [1.29, 1.82) is 5.26 Å². The van der Waals surface area contributed by atoms with Gasteiger partial charge in [0.25, 0.3) is 5.91 Å². The van der Waals surface area contributed by atoms with E-state index in [2.05, 4.69) is 48.2 Å². The zero-order valence-electron chi connectivity index (χ0n) is 24.6. The Balaban J connectivity index is 1.11. The second-order valence-electron chi connectivity index (χ2n) is 10.7. The van der Waals surface area contributed by atoms with Crippen LogP contribution < -0.4 is 19.7 Å². The Morgan fingerprint density at radius 1 is 1.02 bits per heavy atom. The lowest BCUT2D eigenvalue weighted by Gasteiger charge is -2.34. The summed E-state index contributed by atoms with van der Waals surface area (Å²) in [5.41, 5.74) is 3.06. The number of carbonyl (C=O) groups excluding carboxylic acids is 1. The summed E-state index contributed by atoms with van der Waals surface area (Å²) in [4.78, 5) is 36.2. The van der Waals surface area contributed by atoms with Gasteiger partial charge in [-0.1, -0.05) is 0 Å². The molecule has 2 aliphatic rings. The average molecular weight is 596 g/mol. The number of rotatable bonds is 8. The molecule has 6 rings (SSSR count). The number of nitrogens with zero attached hydrogens (tertiary/aromatic N) is 8. The highest BCUT2D eigenvalue weighted by atomic mass is 16.5. The van der Waals surface area contributed by atoms with Gasteiger partial charge in [-0.15, -0.1) is 0 Å². The number of piperidine rings is 1.